The molecule has 6 heteroatoms. The lowest BCUT2D eigenvalue weighted by atomic mass is 9.94. The Morgan fingerprint density at radius 1 is 1.19 bits per heavy atom. The van der Waals surface area contributed by atoms with Crippen LogP contribution in [-0.2, 0) is 13.5 Å². The van der Waals surface area contributed by atoms with Crippen LogP contribution in [0.25, 0.3) is 11.3 Å². The highest BCUT2D eigenvalue weighted by molar-refractivity contribution is 5.94. The first-order chi connectivity index (χ1) is 13.1. The van der Waals surface area contributed by atoms with Crippen molar-refractivity contribution in [2.45, 2.75) is 12.3 Å². The highest BCUT2D eigenvalue weighted by Gasteiger charge is 2.45. The highest BCUT2D eigenvalue weighted by atomic mass is 19.1. The summed E-state index contributed by atoms with van der Waals surface area (Å²) in [4.78, 5) is 18.7. The van der Waals surface area contributed by atoms with E-state index in [1.165, 1.54) is 23.4 Å². The minimum absolute atomic E-state index is 0.0459. The van der Waals surface area contributed by atoms with Crippen molar-refractivity contribution in [2.24, 2.45) is 13.0 Å². The fraction of sp³-hybridized carbons (Fsp3) is 0.286. The SMILES string of the molecule is Cn1nc(-c2cccc(F)c2)c2c1C[C@H]1CN(C(=O)c3ccncc3)C[C@H]21. The summed E-state index contributed by atoms with van der Waals surface area (Å²) in [7, 11) is 1.95. The third-order valence-corrected chi connectivity index (χ3v) is 5.79. The third-order valence-electron chi connectivity index (χ3n) is 5.79. The topological polar surface area (TPSA) is 51.0 Å². The van der Waals surface area contributed by atoms with E-state index in [9.17, 15) is 9.18 Å². The summed E-state index contributed by atoms with van der Waals surface area (Å²) in [6, 6.07) is 10.1. The van der Waals surface area contributed by atoms with E-state index < -0.39 is 0 Å². The van der Waals surface area contributed by atoms with Crippen molar-refractivity contribution in [3.8, 4) is 11.3 Å². The summed E-state index contributed by atoms with van der Waals surface area (Å²) in [6.45, 7) is 1.41. The summed E-state index contributed by atoms with van der Waals surface area (Å²) in [5.74, 6) is 0.423. The quantitative estimate of drug-likeness (QED) is 0.704. The Kier molecular flexibility index (Phi) is 3.60. The largest absolute Gasteiger partial charge is 0.338 e. The van der Waals surface area contributed by atoms with Crippen molar-refractivity contribution in [2.75, 3.05) is 13.1 Å². The van der Waals surface area contributed by atoms with Crippen LogP contribution in [0.4, 0.5) is 4.39 Å². The van der Waals surface area contributed by atoms with Crippen molar-refractivity contribution in [1.29, 1.82) is 0 Å². The number of amides is 1. The predicted octanol–water partition coefficient (Wildman–Crippen LogP) is 3.03. The molecule has 0 spiro atoms. The highest BCUT2D eigenvalue weighted by Crippen LogP contribution is 2.47. The zero-order valence-corrected chi connectivity index (χ0v) is 15.0. The third kappa shape index (κ3) is 2.55. The number of carbonyl (C=O) groups excluding carboxylic acids is 1. The van der Waals surface area contributed by atoms with Gasteiger partial charge in [-0.05, 0) is 36.6 Å². The fourth-order valence-corrected chi connectivity index (χ4v) is 4.55. The zero-order valence-electron chi connectivity index (χ0n) is 15.0. The Bertz CT molecular complexity index is 1030. The average Bonchev–Trinajstić information content (AvgIpc) is 3.33. The molecular formula is C21H19FN4O. The minimum Gasteiger partial charge on any atom is -0.338 e. The van der Waals surface area contributed by atoms with Crippen LogP contribution in [-0.4, -0.2) is 38.7 Å². The minimum atomic E-state index is -0.262. The van der Waals surface area contributed by atoms with Gasteiger partial charge in [0.15, 0.2) is 0 Å². The summed E-state index contributed by atoms with van der Waals surface area (Å²) < 4.78 is 15.7. The van der Waals surface area contributed by atoms with Crippen molar-refractivity contribution < 1.29 is 9.18 Å². The molecule has 0 unspecified atom stereocenters. The first-order valence-electron chi connectivity index (χ1n) is 9.13. The van der Waals surface area contributed by atoms with Crippen LogP contribution in [0, 0.1) is 11.7 Å². The van der Waals surface area contributed by atoms with Crippen molar-refractivity contribution in [1.82, 2.24) is 19.7 Å². The molecule has 2 aliphatic rings. The molecule has 136 valence electrons. The number of hydrogen-bond acceptors (Lipinski definition) is 3. The molecule has 3 heterocycles. The Balaban J connectivity index is 1.49. The molecule has 2 aromatic heterocycles. The number of rotatable bonds is 2. The molecule has 1 amide bonds. The molecule has 0 radical (unpaired) electrons. The zero-order chi connectivity index (χ0) is 18.5. The number of pyridine rings is 1. The van der Waals surface area contributed by atoms with E-state index in [-0.39, 0.29) is 17.6 Å². The molecule has 1 aliphatic heterocycles. The molecule has 27 heavy (non-hydrogen) atoms. The van der Waals surface area contributed by atoms with Gasteiger partial charge in [-0.1, -0.05) is 12.1 Å². The smallest absolute Gasteiger partial charge is 0.253 e. The van der Waals surface area contributed by atoms with E-state index in [1.807, 2.05) is 22.7 Å². The number of nitrogens with zero attached hydrogens (tertiary/aromatic N) is 4. The van der Waals surface area contributed by atoms with Gasteiger partial charge < -0.3 is 4.90 Å². The van der Waals surface area contributed by atoms with E-state index >= 15 is 0 Å². The lowest BCUT2D eigenvalue weighted by Crippen LogP contribution is -2.29. The molecule has 1 saturated heterocycles. The first kappa shape index (κ1) is 16.2. The lowest BCUT2D eigenvalue weighted by Gasteiger charge is -2.17. The maximum absolute atomic E-state index is 13.7. The molecule has 1 aromatic carbocycles. The van der Waals surface area contributed by atoms with Crippen LogP contribution in [0.1, 0.15) is 27.5 Å². The van der Waals surface area contributed by atoms with Crippen LogP contribution < -0.4 is 0 Å². The fourth-order valence-electron chi connectivity index (χ4n) is 4.55. The van der Waals surface area contributed by atoms with Gasteiger partial charge in [0.1, 0.15) is 5.82 Å². The van der Waals surface area contributed by atoms with Gasteiger partial charge in [0.2, 0.25) is 0 Å². The average molecular weight is 362 g/mol. The van der Waals surface area contributed by atoms with Gasteiger partial charge in [-0.15, -0.1) is 0 Å². The Labute approximate surface area is 156 Å². The van der Waals surface area contributed by atoms with E-state index in [0.29, 0.717) is 18.0 Å². The van der Waals surface area contributed by atoms with Gasteiger partial charge in [0.05, 0.1) is 5.69 Å². The Morgan fingerprint density at radius 3 is 2.78 bits per heavy atom. The van der Waals surface area contributed by atoms with Crippen LogP contribution in [0.2, 0.25) is 0 Å². The van der Waals surface area contributed by atoms with Gasteiger partial charge in [-0.25, -0.2) is 4.39 Å². The maximum Gasteiger partial charge on any atom is 0.253 e. The van der Waals surface area contributed by atoms with Crippen LogP contribution in [0.15, 0.2) is 48.8 Å². The van der Waals surface area contributed by atoms with Crippen LogP contribution >= 0.6 is 0 Å². The van der Waals surface area contributed by atoms with Crippen molar-refractivity contribution >= 4 is 5.91 Å². The molecule has 1 fully saturated rings. The molecule has 0 saturated carbocycles. The van der Waals surface area contributed by atoms with Gasteiger partial charge in [0, 0.05) is 60.8 Å². The van der Waals surface area contributed by atoms with Crippen molar-refractivity contribution in [3.05, 3.63) is 71.4 Å². The number of likely N-dealkylation sites (tertiary alicyclic amines) is 1. The number of aromatic nitrogens is 3. The van der Waals surface area contributed by atoms with Gasteiger partial charge in [-0.2, -0.15) is 5.10 Å². The Morgan fingerprint density at radius 2 is 2.00 bits per heavy atom. The first-order valence-corrected chi connectivity index (χ1v) is 9.13. The number of halogens is 1. The predicted molar refractivity (Wildman–Crippen MR) is 98.7 cm³/mol. The summed E-state index contributed by atoms with van der Waals surface area (Å²) in [5.41, 5.74) is 4.70. The van der Waals surface area contributed by atoms with E-state index in [2.05, 4.69) is 10.1 Å². The van der Waals surface area contributed by atoms with Crippen LogP contribution in [0.3, 0.4) is 0 Å². The molecule has 5 nitrogen and oxygen atoms in total. The monoisotopic (exact) mass is 362 g/mol. The van der Waals surface area contributed by atoms with Crippen molar-refractivity contribution in [3.63, 3.8) is 0 Å². The summed E-state index contributed by atoms with van der Waals surface area (Å²) >= 11 is 0. The molecule has 1 aliphatic carbocycles. The molecular weight excluding hydrogens is 343 g/mol. The number of benzene rings is 1. The van der Waals surface area contributed by atoms with Crippen LogP contribution in [0.5, 0.6) is 0 Å². The number of carbonyl (C=O) groups is 1. The van der Waals surface area contributed by atoms with Gasteiger partial charge in [0.25, 0.3) is 5.91 Å². The number of hydrogen-bond donors (Lipinski definition) is 0. The van der Waals surface area contributed by atoms with Gasteiger partial charge >= 0.3 is 0 Å². The molecule has 0 N–H and O–H groups in total. The normalized spacial score (nSPS) is 20.6. The van der Waals surface area contributed by atoms with Gasteiger partial charge in [-0.3, -0.25) is 14.5 Å². The number of aryl methyl sites for hydroxylation is 1. The second-order valence-electron chi connectivity index (χ2n) is 7.36. The Hall–Kier alpha value is -3.02. The van der Waals surface area contributed by atoms with E-state index in [1.54, 1.807) is 30.6 Å². The molecule has 0 bridgehead atoms. The summed E-state index contributed by atoms with van der Waals surface area (Å²) in [5, 5.41) is 4.67. The second kappa shape index (κ2) is 6.01. The number of fused-ring (bicyclic) bond motifs is 3. The maximum atomic E-state index is 13.7. The lowest BCUT2D eigenvalue weighted by molar-refractivity contribution is 0.0785. The van der Waals surface area contributed by atoms with E-state index in [4.69, 9.17) is 0 Å². The summed E-state index contributed by atoms with van der Waals surface area (Å²) in [6.07, 6.45) is 4.19. The standard InChI is InChI=1S/C21H19FN4O/c1-25-18-10-15-11-26(21(27)13-5-7-23-8-6-13)12-17(15)19(18)20(24-25)14-3-2-4-16(22)9-14/h2-9,15,17H,10-12H2,1H3/t15-,17-/m0/s1. The molecule has 5 rings (SSSR count). The second-order valence-corrected chi connectivity index (χ2v) is 7.36. The molecule has 3 aromatic rings. The molecule has 2 atom stereocenters. The van der Waals surface area contributed by atoms with E-state index in [0.717, 1.165) is 24.2 Å².